The number of carbonyl (C=O) groups excluding carboxylic acids is 1. The van der Waals surface area contributed by atoms with E-state index in [4.69, 9.17) is 4.42 Å². The van der Waals surface area contributed by atoms with Crippen LogP contribution in [0, 0.1) is 0 Å². The van der Waals surface area contributed by atoms with Gasteiger partial charge in [-0.3, -0.25) is 4.79 Å². The van der Waals surface area contributed by atoms with Gasteiger partial charge in [-0.1, -0.05) is 43.7 Å². The Hall–Kier alpha value is -2.17. The Morgan fingerprint density at radius 3 is 2.75 bits per heavy atom. The summed E-state index contributed by atoms with van der Waals surface area (Å²) in [6.07, 6.45) is 3.44. The summed E-state index contributed by atoms with van der Waals surface area (Å²) in [4.78, 5) is 11.7. The van der Waals surface area contributed by atoms with Gasteiger partial charge in [-0.15, -0.1) is 10.2 Å². The highest BCUT2D eigenvalue weighted by Gasteiger charge is 2.13. The third-order valence-corrected chi connectivity index (χ3v) is 2.95. The van der Waals surface area contributed by atoms with Crippen LogP contribution in [0.1, 0.15) is 41.9 Å². The lowest BCUT2D eigenvalue weighted by atomic mass is 10.1. The number of unbranched alkanes of at least 4 members (excludes halogenated alkanes) is 1. The van der Waals surface area contributed by atoms with Crippen molar-refractivity contribution in [2.45, 2.75) is 32.6 Å². The third kappa shape index (κ3) is 4.19. The van der Waals surface area contributed by atoms with Crippen molar-refractivity contribution in [3.63, 3.8) is 0 Å². The minimum atomic E-state index is -0.295. The summed E-state index contributed by atoms with van der Waals surface area (Å²) in [5.41, 5.74) is 1.21. The van der Waals surface area contributed by atoms with E-state index in [1.54, 1.807) is 0 Å². The topological polar surface area (TPSA) is 68.0 Å². The predicted molar refractivity (Wildman–Crippen MR) is 75.4 cm³/mol. The first-order valence-corrected chi connectivity index (χ1v) is 6.94. The minimum absolute atomic E-state index is 0.0455. The van der Waals surface area contributed by atoms with Crippen LogP contribution in [-0.2, 0) is 12.8 Å². The maximum atomic E-state index is 11.7. The molecule has 0 unspecified atom stereocenters. The van der Waals surface area contributed by atoms with Gasteiger partial charge in [0, 0.05) is 13.0 Å². The van der Waals surface area contributed by atoms with Crippen LogP contribution in [0.25, 0.3) is 0 Å². The Morgan fingerprint density at radius 2 is 2.00 bits per heavy atom. The first-order chi connectivity index (χ1) is 9.79. The summed E-state index contributed by atoms with van der Waals surface area (Å²) in [6, 6.07) is 10.1. The molecule has 1 aromatic heterocycles. The number of amides is 1. The first-order valence-electron chi connectivity index (χ1n) is 6.94. The molecule has 0 saturated heterocycles. The highest BCUT2D eigenvalue weighted by Crippen LogP contribution is 2.06. The van der Waals surface area contributed by atoms with Crippen molar-refractivity contribution in [1.82, 2.24) is 15.5 Å². The van der Waals surface area contributed by atoms with Crippen LogP contribution in [0.2, 0.25) is 0 Å². The number of carbonyl (C=O) groups is 1. The minimum Gasteiger partial charge on any atom is -0.417 e. The summed E-state index contributed by atoms with van der Waals surface area (Å²) in [6.45, 7) is 2.71. The van der Waals surface area contributed by atoms with Gasteiger partial charge < -0.3 is 9.73 Å². The molecule has 1 aromatic carbocycles. The Kier molecular flexibility index (Phi) is 5.29. The molecular formula is C15H19N3O2. The van der Waals surface area contributed by atoms with E-state index in [-0.39, 0.29) is 11.8 Å². The van der Waals surface area contributed by atoms with Gasteiger partial charge in [-0.2, -0.15) is 0 Å². The summed E-state index contributed by atoms with van der Waals surface area (Å²) >= 11 is 0. The van der Waals surface area contributed by atoms with E-state index in [9.17, 15) is 4.79 Å². The molecule has 0 aliphatic heterocycles. The fourth-order valence-corrected chi connectivity index (χ4v) is 1.80. The monoisotopic (exact) mass is 273 g/mol. The molecule has 0 bridgehead atoms. The number of benzene rings is 1. The molecule has 0 aliphatic carbocycles. The van der Waals surface area contributed by atoms with E-state index in [1.165, 1.54) is 5.56 Å². The Labute approximate surface area is 118 Å². The molecule has 5 heteroatoms. The van der Waals surface area contributed by atoms with Crippen LogP contribution >= 0.6 is 0 Å². The lowest BCUT2D eigenvalue weighted by Crippen LogP contribution is -2.24. The first kappa shape index (κ1) is 14.2. The van der Waals surface area contributed by atoms with Crippen LogP contribution in [0.4, 0.5) is 0 Å². The second kappa shape index (κ2) is 7.43. The van der Waals surface area contributed by atoms with Crippen LogP contribution < -0.4 is 5.32 Å². The summed E-state index contributed by atoms with van der Waals surface area (Å²) in [5.74, 6) is 0.246. The number of aryl methyl sites for hydroxylation is 2. The van der Waals surface area contributed by atoms with E-state index in [2.05, 4.69) is 34.6 Å². The van der Waals surface area contributed by atoms with Crippen molar-refractivity contribution < 1.29 is 9.21 Å². The molecule has 1 heterocycles. The highest BCUT2D eigenvalue weighted by molar-refractivity contribution is 5.89. The zero-order valence-corrected chi connectivity index (χ0v) is 11.6. The fraction of sp³-hybridized carbons (Fsp3) is 0.400. The van der Waals surface area contributed by atoms with E-state index < -0.39 is 0 Å². The van der Waals surface area contributed by atoms with Crippen LogP contribution in [0.5, 0.6) is 0 Å². The molecule has 0 saturated carbocycles. The Bertz CT molecular complexity index is 537. The quantitative estimate of drug-likeness (QED) is 0.786. The molecule has 0 radical (unpaired) electrons. The molecule has 106 valence electrons. The van der Waals surface area contributed by atoms with Crippen molar-refractivity contribution in [2.75, 3.05) is 6.54 Å². The van der Waals surface area contributed by atoms with Gasteiger partial charge in [0.05, 0.1) is 0 Å². The van der Waals surface area contributed by atoms with Crippen LogP contribution in [-0.4, -0.2) is 22.6 Å². The zero-order chi connectivity index (χ0) is 14.2. The number of nitrogens with zero attached hydrogens (tertiary/aromatic N) is 2. The number of aromatic nitrogens is 2. The third-order valence-electron chi connectivity index (χ3n) is 2.95. The molecule has 20 heavy (non-hydrogen) atoms. The largest absolute Gasteiger partial charge is 0.417 e. The normalized spacial score (nSPS) is 10.4. The fourth-order valence-electron chi connectivity index (χ4n) is 1.80. The predicted octanol–water partition coefficient (Wildman–Crippen LogP) is 2.38. The van der Waals surface area contributed by atoms with Crippen molar-refractivity contribution in [2.24, 2.45) is 0 Å². The molecule has 2 aromatic rings. The number of hydrogen-bond acceptors (Lipinski definition) is 4. The molecule has 1 N–H and O–H groups in total. The van der Waals surface area contributed by atoms with E-state index >= 15 is 0 Å². The summed E-state index contributed by atoms with van der Waals surface area (Å²) in [5, 5.41) is 10.4. The van der Waals surface area contributed by atoms with E-state index in [0.717, 1.165) is 19.3 Å². The van der Waals surface area contributed by atoms with Gasteiger partial charge in [0.25, 0.3) is 0 Å². The molecule has 2 rings (SSSR count). The van der Waals surface area contributed by atoms with Crippen LogP contribution in [0.3, 0.4) is 0 Å². The average Bonchev–Trinajstić information content (AvgIpc) is 2.95. The summed E-state index contributed by atoms with van der Waals surface area (Å²) in [7, 11) is 0. The van der Waals surface area contributed by atoms with Gasteiger partial charge in [0.15, 0.2) is 0 Å². The molecule has 1 amide bonds. The van der Waals surface area contributed by atoms with Gasteiger partial charge in [-0.25, -0.2) is 0 Å². The molecule has 0 aliphatic rings. The van der Waals surface area contributed by atoms with Gasteiger partial charge in [0.1, 0.15) is 0 Å². The van der Waals surface area contributed by atoms with Crippen molar-refractivity contribution in [3.05, 3.63) is 47.7 Å². The molecular weight excluding hydrogens is 254 g/mol. The Morgan fingerprint density at radius 1 is 1.20 bits per heavy atom. The molecule has 5 nitrogen and oxygen atoms in total. The lowest BCUT2D eigenvalue weighted by molar-refractivity contribution is 0.0916. The Balaban J connectivity index is 1.84. The van der Waals surface area contributed by atoms with E-state index in [0.29, 0.717) is 18.9 Å². The maximum Gasteiger partial charge on any atom is 0.308 e. The second-order valence-corrected chi connectivity index (χ2v) is 4.60. The lowest BCUT2D eigenvalue weighted by Gasteiger charge is -1.99. The smallest absolute Gasteiger partial charge is 0.308 e. The van der Waals surface area contributed by atoms with Crippen molar-refractivity contribution >= 4 is 5.91 Å². The molecule has 0 fully saturated rings. The average molecular weight is 273 g/mol. The van der Waals surface area contributed by atoms with Gasteiger partial charge in [-0.05, 0) is 18.4 Å². The molecule has 0 atom stereocenters. The summed E-state index contributed by atoms with van der Waals surface area (Å²) < 4.78 is 5.36. The maximum absolute atomic E-state index is 11.7. The highest BCUT2D eigenvalue weighted by atomic mass is 16.4. The number of nitrogens with one attached hydrogen (secondary N) is 1. The SMILES string of the molecule is CCCCNC(=O)c1nnc(CCc2ccccc2)o1. The van der Waals surface area contributed by atoms with Crippen LogP contribution in [0.15, 0.2) is 34.7 Å². The van der Waals surface area contributed by atoms with Crippen molar-refractivity contribution in [1.29, 1.82) is 0 Å². The van der Waals surface area contributed by atoms with Crippen molar-refractivity contribution in [3.8, 4) is 0 Å². The number of hydrogen-bond donors (Lipinski definition) is 1. The van der Waals surface area contributed by atoms with Gasteiger partial charge in [0.2, 0.25) is 5.89 Å². The molecule has 0 spiro atoms. The van der Waals surface area contributed by atoms with E-state index in [1.807, 2.05) is 18.2 Å². The standard InChI is InChI=1S/C15H19N3O2/c1-2-3-11-16-14(19)15-18-17-13(20-15)10-9-12-7-5-4-6-8-12/h4-8H,2-3,9-11H2,1H3,(H,16,19). The zero-order valence-electron chi connectivity index (χ0n) is 11.6. The van der Waals surface area contributed by atoms with Gasteiger partial charge >= 0.3 is 11.8 Å². The number of rotatable bonds is 7. The second-order valence-electron chi connectivity index (χ2n) is 4.60.